The summed E-state index contributed by atoms with van der Waals surface area (Å²) in [5.41, 5.74) is 7.69. The number of fused-ring (bicyclic) bond motifs is 6. The van der Waals surface area contributed by atoms with Gasteiger partial charge in [-0.15, -0.1) is 22.7 Å². The van der Waals surface area contributed by atoms with Gasteiger partial charge in [-0.3, -0.25) is 0 Å². The summed E-state index contributed by atoms with van der Waals surface area (Å²) in [5, 5.41) is 24.3. The van der Waals surface area contributed by atoms with Crippen molar-refractivity contribution >= 4 is 63.0 Å². The third-order valence-corrected chi connectivity index (χ3v) is 10.3. The molecule has 0 radical (unpaired) electrons. The molecule has 6 aromatic carbocycles. The Morgan fingerprint density at radius 2 is 1.00 bits per heavy atom. The molecule has 8 aromatic rings. The van der Waals surface area contributed by atoms with Crippen molar-refractivity contribution in [3.05, 3.63) is 132 Å². The third kappa shape index (κ3) is 3.90. The molecule has 0 unspecified atom stereocenters. The Kier molecular flexibility index (Phi) is 5.66. The van der Waals surface area contributed by atoms with E-state index < -0.39 is 0 Å². The highest BCUT2D eigenvalue weighted by molar-refractivity contribution is 7.26. The molecule has 0 saturated heterocycles. The summed E-state index contributed by atoms with van der Waals surface area (Å²) in [6.45, 7) is 0. The first-order valence-corrected chi connectivity index (χ1v) is 15.3. The first-order chi connectivity index (χ1) is 20.7. The van der Waals surface area contributed by atoms with Gasteiger partial charge in [0, 0.05) is 45.9 Å². The summed E-state index contributed by atoms with van der Waals surface area (Å²) >= 11 is 3.56. The predicted molar refractivity (Wildman–Crippen MR) is 178 cm³/mol. The Morgan fingerprint density at radius 3 is 1.81 bits per heavy atom. The van der Waals surface area contributed by atoms with Crippen molar-refractivity contribution in [1.29, 1.82) is 10.5 Å². The molecule has 42 heavy (non-hydrogen) atoms. The summed E-state index contributed by atoms with van der Waals surface area (Å²) in [4.78, 5) is 0. The summed E-state index contributed by atoms with van der Waals surface area (Å²) < 4.78 is 4.93. The van der Waals surface area contributed by atoms with Crippen molar-refractivity contribution in [2.75, 3.05) is 0 Å². The highest BCUT2D eigenvalue weighted by Crippen LogP contribution is 2.42. The molecule has 0 spiro atoms. The van der Waals surface area contributed by atoms with Gasteiger partial charge in [0.15, 0.2) is 0 Å². The van der Waals surface area contributed by atoms with Crippen molar-refractivity contribution < 1.29 is 0 Å². The van der Waals surface area contributed by atoms with E-state index in [1.165, 1.54) is 29.6 Å². The van der Waals surface area contributed by atoms with Crippen LogP contribution in [0.5, 0.6) is 0 Å². The zero-order chi connectivity index (χ0) is 28.2. The van der Waals surface area contributed by atoms with E-state index in [4.69, 9.17) is 0 Å². The van der Waals surface area contributed by atoms with Gasteiger partial charge in [0.2, 0.25) is 0 Å². The summed E-state index contributed by atoms with van der Waals surface area (Å²) in [6, 6.07) is 46.9. The molecule has 0 aliphatic carbocycles. The van der Waals surface area contributed by atoms with Crippen LogP contribution in [0.25, 0.3) is 73.7 Å². The summed E-state index contributed by atoms with van der Waals surface area (Å²) in [6.07, 6.45) is 0. The lowest BCUT2D eigenvalue weighted by Gasteiger charge is -2.15. The van der Waals surface area contributed by atoms with Gasteiger partial charge in [-0.1, -0.05) is 60.7 Å². The minimum absolute atomic E-state index is 0.654. The second-order valence-corrected chi connectivity index (χ2v) is 12.5. The first-order valence-electron chi connectivity index (χ1n) is 13.6. The second kappa shape index (κ2) is 9.68. The van der Waals surface area contributed by atoms with Gasteiger partial charge >= 0.3 is 0 Å². The van der Waals surface area contributed by atoms with Crippen molar-refractivity contribution in [2.24, 2.45) is 0 Å². The maximum absolute atomic E-state index is 10.0. The SMILES string of the molecule is N#Cc1ccc2sc3ccc(-c4ccc(-c5ccc6sc7ccccc7c6c5)c(-c5ccccc5C#N)c4)cc3c2c1. The van der Waals surface area contributed by atoms with Gasteiger partial charge in [0.1, 0.15) is 0 Å². The lowest BCUT2D eigenvalue weighted by atomic mass is 9.88. The van der Waals surface area contributed by atoms with Crippen LogP contribution in [0.15, 0.2) is 121 Å². The van der Waals surface area contributed by atoms with Crippen molar-refractivity contribution in [3.63, 3.8) is 0 Å². The third-order valence-electron chi connectivity index (χ3n) is 7.98. The van der Waals surface area contributed by atoms with Crippen LogP contribution < -0.4 is 0 Å². The number of hydrogen-bond donors (Lipinski definition) is 0. The van der Waals surface area contributed by atoms with Crippen LogP contribution in [-0.2, 0) is 0 Å². The average Bonchev–Trinajstić information content (AvgIpc) is 3.61. The Morgan fingerprint density at radius 1 is 0.405 bits per heavy atom. The fraction of sp³-hybridized carbons (Fsp3) is 0. The molecule has 4 heteroatoms. The highest BCUT2D eigenvalue weighted by atomic mass is 32.1. The van der Waals surface area contributed by atoms with Crippen LogP contribution in [0, 0.1) is 22.7 Å². The molecule has 2 nitrogen and oxygen atoms in total. The van der Waals surface area contributed by atoms with E-state index >= 15 is 0 Å². The molecule has 0 amide bonds. The quantitative estimate of drug-likeness (QED) is 0.213. The van der Waals surface area contributed by atoms with Crippen molar-refractivity contribution in [3.8, 4) is 45.5 Å². The molecule has 0 N–H and O–H groups in total. The van der Waals surface area contributed by atoms with Crippen molar-refractivity contribution in [1.82, 2.24) is 0 Å². The van der Waals surface area contributed by atoms with Gasteiger partial charge in [-0.25, -0.2) is 0 Å². The lowest BCUT2D eigenvalue weighted by molar-refractivity contribution is 1.48. The van der Waals surface area contributed by atoms with E-state index in [1.807, 2.05) is 53.8 Å². The maximum Gasteiger partial charge on any atom is 0.0998 e. The minimum atomic E-state index is 0.654. The molecule has 0 fully saturated rings. The van der Waals surface area contributed by atoms with E-state index in [0.717, 1.165) is 44.2 Å². The van der Waals surface area contributed by atoms with Gasteiger partial charge in [0.25, 0.3) is 0 Å². The van der Waals surface area contributed by atoms with Gasteiger partial charge < -0.3 is 0 Å². The summed E-state index contributed by atoms with van der Waals surface area (Å²) in [5.74, 6) is 0. The van der Waals surface area contributed by atoms with Crippen LogP contribution in [0.3, 0.4) is 0 Å². The van der Waals surface area contributed by atoms with Gasteiger partial charge in [-0.05, 0) is 88.5 Å². The molecular formula is C38H20N2S2. The molecule has 2 heterocycles. The van der Waals surface area contributed by atoms with Crippen LogP contribution in [0.1, 0.15) is 11.1 Å². The number of nitriles is 2. The molecule has 2 aromatic heterocycles. The van der Waals surface area contributed by atoms with Crippen LogP contribution >= 0.6 is 22.7 Å². The lowest BCUT2D eigenvalue weighted by Crippen LogP contribution is -1.90. The summed E-state index contributed by atoms with van der Waals surface area (Å²) in [7, 11) is 0. The molecular weight excluding hydrogens is 549 g/mol. The minimum Gasteiger partial charge on any atom is -0.192 e. The molecule has 0 saturated carbocycles. The van der Waals surface area contributed by atoms with Crippen LogP contribution in [0.4, 0.5) is 0 Å². The van der Waals surface area contributed by atoms with E-state index in [-0.39, 0.29) is 0 Å². The molecule has 8 rings (SSSR count). The largest absolute Gasteiger partial charge is 0.192 e. The van der Waals surface area contributed by atoms with E-state index in [2.05, 4.69) is 91.0 Å². The van der Waals surface area contributed by atoms with Crippen LogP contribution in [0.2, 0.25) is 0 Å². The van der Waals surface area contributed by atoms with Crippen LogP contribution in [-0.4, -0.2) is 0 Å². The monoisotopic (exact) mass is 568 g/mol. The second-order valence-electron chi connectivity index (χ2n) is 10.4. The smallest absolute Gasteiger partial charge is 0.0998 e. The van der Waals surface area contributed by atoms with E-state index in [1.54, 1.807) is 11.3 Å². The molecule has 0 bridgehead atoms. The van der Waals surface area contributed by atoms with E-state index in [9.17, 15) is 10.5 Å². The Hall–Kier alpha value is -5.26. The molecule has 0 aliphatic rings. The standard InChI is InChI=1S/C38H20N2S2/c39-21-23-9-14-36-32(17-23)34-19-25(11-15-38(34)42-36)24-10-13-29(31(18-24)28-6-2-1-5-27(28)22-40)26-12-16-37-33(20-26)30-7-3-4-8-35(30)41-37/h1-20H. The zero-order valence-electron chi connectivity index (χ0n) is 22.3. The highest BCUT2D eigenvalue weighted by Gasteiger charge is 2.16. The Bertz CT molecular complexity index is 2450. The predicted octanol–water partition coefficient (Wildman–Crippen LogP) is 11.2. The zero-order valence-corrected chi connectivity index (χ0v) is 23.9. The molecule has 0 aliphatic heterocycles. The van der Waals surface area contributed by atoms with Crippen molar-refractivity contribution in [2.45, 2.75) is 0 Å². The molecule has 0 atom stereocenters. The number of rotatable bonds is 3. The molecule has 194 valence electrons. The number of thiophene rings is 2. The van der Waals surface area contributed by atoms with E-state index in [0.29, 0.717) is 11.1 Å². The Balaban J connectivity index is 1.35. The van der Waals surface area contributed by atoms with Gasteiger partial charge in [0.05, 0.1) is 23.3 Å². The fourth-order valence-electron chi connectivity index (χ4n) is 5.93. The number of nitrogens with zero attached hydrogens (tertiary/aromatic N) is 2. The topological polar surface area (TPSA) is 47.6 Å². The van der Waals surface area contributed by atoms with Gasteiger partial charge in [-0.2, -0.15) is 10.5 Å². The normalized spacial score (nSPS) is 11.3. The number of hydrogen-bond acceptors (Lipinski definition) is 4. The fourth-order valence-corrected chi connectivity index (χ4v) is 8.09. The first kappa shape index (κ1) is 24.5. The Labute approximate surface area is 250 Å². The average molecular weight is 569 g/mol. The maximum atomic E-state index is 10.0. The number of benzene rings is 6.